The van der Waals surface area contributed by atoms with E-state index in [1.165, 1.54) is 19.4 Å². The van der Waals surface area contributed by atoms with Crippen LogP contribution in [0.5, 0.6) is 0 Å². The van der Waals surface area contributed by atoms with E-state index >= 15 is 0 Å². The van der Waals surface area contributed by atoms with Gasteiger partial charge in [0.15, 0.2) is 36.7 Å². The molecule has 430 valence electrons. The summed E-state index contributed by atoms with van der Waals surface area (Å²) < 4.78 is 69.0. The summed E-state index contributed by atoms with van der Waals surface area (Å²) in [5.74, 6) is -1.01. The smallest absolute Gasteiger partial charge is 0.187 e. The molecule has 0 bridgehead atoms. The highest BCUT2D eigenvalue weighted by Crippen LogP contribution is 2.74. The molecule has 12 N–H and O–H groups in total. The number of methoxy groups -OCH3 is 1. The molecular weight excluding hydrogens is 993 g/mol. The molecule has 10 rings (SSSR count). The van der Waals surface area contributed by atoms with Crippen LogP contribution in [0.2, 0.25) is 0 Å². The Morgan fingerprint density at radius 3 is 1.81 bits per heavy atom. The van der Waals surface area contributed by atoms with E-state index in [4.69, 9.17) is 52.1 Å². The predicted molar refractivity (Wildman–Crippen MR) is 253 cm³/mol. The average molecular weight is 1080 g/mol. The topological polar surface area (TPSA) is 344 Å². The van der Waals surface area contributed by atoms with Crippen molar-refractivity contribution >= 4 is 0 Å². The van der Waals surface area contributed by atoms with Crippen LogP contribution in [0.4, 0.5) is 0 Å². The van der Waals surface area contributed by atoms with Crippen molar-refractivity contribution in [1.82, 2.24) is 0 Å². The highest BCUT2D eigenvalue weighted by molar-refractivity contribution is 5.27. The van der Waals surface area contributed by atoms with Gasteiger partial charge in [-0.15, -0.1) is 0 Å². The Hall–Kier alpha value is -1.18. The maximum Gasteiger partial charge on any atom is 0.187 e. The van der Waals surface area contributed by atoms with Gasteiger partial charge in [-0.2, -0.15) is 0 Å². The van der Waals surface area contributed by atoms with E-state index in [-0.39, 0.29) is 35.2 Å². The van der Waals surface area contributed by atoms with Gasteiger partial charge in [-0.1, -0.05) is 32.4 Å². The van der Waals surface area contributed by atoms with E-state index in [0.717, 1.165) is 25.7 Å². The molecule has 23 heteroatoms. The van der Waals surface area contributed by atoms with Crippen LogP contribution in [0.1, 0.15) is 99.3 Å². The molecule has 10 aliphatic rings. The number of rotatable bonds is 12. The molecule has 0 amide bonds. The molecule has 6 heterocycles. The van der Waals surface area contributed by atoms with Gasteiger partial charge in [-0.3, -0.25) is 0 Å². The molecule has 6 saturated heterocycles. The maximum atomic E-state index is 12.1. The fourth-order valence-corrected chi connectivity index (χ4v) is 15.9. The lowest BCUT2D eigenvalue weighted by atomic mass is 9.47. The summed E-state index contributed by atoms with van der Waals surface area (Å²) in [5, 5.41) is 127. The van der Waals surface area contributed by atoms with Crippen LogP contribution in [-0.2, 0) is 52.1 Å². The van der Waals surface area contributed by atoms with Gasteiger partial charge in [0.1, 0.15) is 85.5 Å². The zero-order valence-electron chi connectivity index (χ0n) is 43.9. The molecule has 0 radical (unpaired) electrons. The summed E-state index contributed by atoms with van der Waals surface area (Å²) in [7, 11) is 1.72. The normalized spacial score (nSPS) is 57.8. The third-order valence-electron chi connectivity index (χ3n) is 20.2. The van der Waals surface area contributed by atoms with Gasteiger partial charge < -0.3 is 113 Å². The van der Waals surface area contributed by atoms with Crippen LogP contribution in [0.15, 0.2) is 11.6 Å². The van der Waals surface area contributed by atoms with Crippen molar-refractivity contribution < 1.29 is 113 Å². The number of allylic oxidation sites excluding steroid dienone is 1. The number of aliphatic hydroxyl groups excluding tert-OH is 12. The van der Waals surface area contributed by atoms with Crippen molar-refractivity contribution in [3.05, 3.63) is 11.6 Å². The number of hydrogen-bond donors (Lipinski definition) is 12. The Labute approximate surface area is 436 Å². The molecule has 6 aliphatic heterocycles. The second kappa shape index (κ2) is 21.0. The predicted octanol–water partition coefficient (Wildman–Crippen LogP) is -1.85. The van der Waals surface area contributed by atoms with Gasteiger partial charge in [-0.05, 0) is 94.3 Å². The van der Waals surface area contributed by atoms with Crippen LogP contribution in [0.25, 0.3) is 0 Å². The van der Waals surface area contributed by atoms with E-state index in [1.54, 1.807) is 7.11 Å². The third kappa shape index (κ3) is 9.43. The molecule has 4 aliphatic carbocycles. The maximum absolute atomic E-state index is 12.1. The Morgan fingerprint density at radius 1 is 0.587 bits per heavy atom. The molecule has 0 aromatic heterocycles. The highest BCUT2D eigenvalue weighted by atomic mass is 16.8. The van der Waals surface area contributed by atoms with Crippen LogP contribution in [0.3, 0.4) is 0 Å². The fraction of sp³-hybridized carbons (Fsp3) is 0.962. The first-order valence-corrected chi connectivity index (χ1v) is 27.3. The first-order chi connectivity index (χ1) is 35.4. The van der Waals surface area contributed by atoms with Crippen molar-refractivity contribution in [2.75, 3.05) is 26.9 Å². The Morgan fingerprint density at radius 2 is 1.19 bits per heavy atom. The molecule has 3 saturated carbocycles. The Kier molecular flexibility index (Phi) is 16.0. The summed E-state index contributed by atoms with van der Waals surface area (Å²) in [6.07, 6.45) is -20.7. The van der Waals surface area contributed by atoms with Gasteiger partial charge >= 0.3 is 0 Å². The van der Waals surface area contributed by atoms with Crippen LogP contribution in [0, 0.1) is 40.4 Å². The van der Waals surface area contributed by atoms with Crippen LogP contribution < -0.4 is 0 Å². The zero-order valence-corrected chi connectivity index (χ0v) is 43.9. The first kappa shape index (κ1) is 57.1. The second-order valence-electron chi connectivity index (χ2n) is 24.5. The molecule has 31 atom stereocenters. The second-order valence-corrected chi connectivity index (χ2v) is 24.5. The van der Waals surface area contributed by atoms with Crippen molar-refractivity contribution in [3.8, 4) is 0 Å². The quantitative estimate of drug-likeness (QED) is 0.0955. The lowest BCUT2D eigenvalue weighted by Crippen LogP contribution is -2.66. The first-order valence-electron chi connectivity index (χ1n) is 27.3. The van der Waals surface area contributed by atoms with E-state index in [9.17, 15) is 61.3 Å². The molecule has 1 spiro atoms. The van der Waals surface area contributed by atoms with E-state index in [0.29, 0.717) is 43.9 Å². The van der Waals surface area contributed by atoms with Crippen molar-refractivity contribution in [2.24, 2.45) is 40.4 Å². The van der Waals surface area contributed by atoms with E-state index in [1.807, 2.05) is 6.92 Å². The molecule has 75 heavy (non-hydrogen) atoms. The molecule has 23 nitrogen and oxygen atoms in total. The van der Waals surface area contributed by atoms with E-state index in [2.05, 4.69) is 26.8 Å². The van der Waals surface area contributed by atoms with E-state index < -0.39 is 159 Å². The minimum absolute atomic E-state index is 0.000148. The highest BCUT2D eigenvalue weighted by Gasteiger charge is 2.76. The zero-order chi connectivity index (χ0) is 54.1. The van der Waals surface area contributed by atoms with Crippen molar-refractivity contribution in [3.63, 3.8) is 0 Å². The van der Waals surface area contributed by atoms with Gasteiger partial charge in [-0.25, -0.2) is 0 Å². The molecule has 9 fully saturated rings. The van der Waals surface area contributed by atoms with Crippen molar-refractivity contribution in [1.29, 1.82) is 0 Å². The number of ether oxygens (including phenoxy) is 11. The van der Waals surface area contributed by atoms with Crippen LogP contribution in [-0.4, -0.2) is 234 Å². The summed E-state index contributed by atoms with van der Waals surface area (Å²) >= 11 is 0. The SMILES string of the molecule is COC12CC3C4CC=C5CC(OC6OC(CO)C(OC7OC(C)C(O)C(O)C7O)C(O)C6OC6OC(C)C(O)C(O)C6O)CCC5(C)C4CCC3(C)C1C(C)C1(CCC(C)(COC3OC(CO)C(O)C(O)C3O)O1)O2. The van der Waals surface area contributed by atoms with Gasteiger partial charge in [0, 0.05) is 31.8 Å². The summed E-state index contributed by atoms with van der Waals surface area (Å²) in [6, 6.07) is 0. The van der Waals surface area contributed by atoms with Gasteiger partial charge in [0.25, 0.3) is 0 Å². The molecular formula is C52H84O23. The monoisotopic (exact) mass is 1080 g/mol. The largest absolute Gasteiger partial charge is 0.394 e. The molecule has 0 aromatic carbocycles. The summed E-state index contributed by atoms with van der Waals surface area (Å²) in [4.78, 5) is 0. The number of aliphatic hydroxyl groups is 12. The number of hydrogen-bond acceptors (Lipinski definition) is 23. The van der Waals surface area contributed by atoms with Gasteiger partial charge in [0.05, 0.1) is 43.7 Å². The Balaban J connectivity index is 0.829. The molecule has 31 unspecified atom stereocenters. The minimum atomic E-state index is -1.75. The lowest BCUT2D eigenvalue weighted by molar-refractivity contribution is -0.388. The summed E-state index contributed by atoms with van der Waals surface area (Å²) in [5.41, 5.74) is 0.0721. The Bertz CT molecular complexity index is 2040. The van der Waals surface area contributed by atoms with Crippen molar-refractivity contribution in [2.45, 2.75) is 245 Å². The average Bonchev–Trinajstić information content (AvgIpc) is 3.96. The standard InChI is InChI=1S/C52H84O23/c1-21-43-50(6)13-11-27-26(28(50)17-52(43,65-7)75-51(21)15-14-48(4,74-51)20-66-44-37(61)36(60)33(57)29(18-53)70-44)9-8-24-16-25(10-12-49(24,27)5)69-47-42(73-46-39(63)35(59)32(56)23(3)68-46)40(64)41(30(19-54)71-47)72-45-38(62)34(58)31(55)22(2)67-45/h8,21-23,25-47,53-64H,9-20H2,1-7H3. The number of fused-ring (bicyclic) bond motifs is 7. The third-order valence-corrected chi connectivity index (χ3v) is 20.2. The summed E-state index contributed by atoms with van der Waals surface area (Å²) in [6.45, 7) is 10.6. The minimum Gasteiger partial charge on any atom is -0.394 e. The molecule has 0 aromatic rings. The lowest BCUT2D eigenvalue weighted by Gasteiger charge is -2.58. The fourth-order valence-electron chi connectivity index (χ4n) is 15.9. The van der Waals surface area contributed by atoms with Gasteiger partial charge in [0.2, 0.25) is 0 Å². The van der Waals surface area contributed by atoms with Crippen LogP contribution >= 0.6 is 0 Å².